The van der Waals surface area contributed by atoms with Crippen LogP contribution in [0.4, 0.5) is 5.69 Å². The average molecular weight is 337 g/mol. The molecular weight excluding hydrogens is 322 g/mol. The molecular formula is C19H15NO5. The summed E-state index contributed by atoms with van der Waals surface area (Å²) < 4.78 is 16.9. The molecule has 0 spiro atoms. The highest BCUT2D eigenvalue weighted by molar-refractivity contribution is 5.49. The second kappa shape index (κ2) is 7.35. The molecule has 0 aliphatic rings. The minimum Gasteiger partial charge on any atom is -0.493 e. The van der Waals surface area contributed by atoms with Crippen molar-refractivity contribution in [3.63, 3.8) is 0 Å². The zero-order valence-corrected chi connectivity index (χ0v) is 13.4. The van der Waals surface area contributed by atoms with Crippen molar-refractivity contribution < 1.29 is 19.1 Å². The first-order chi connectivity index (χ1) is 12.2. The van der Waals surface area contributed by atoms with Gasteiger partial charge >= 0.3 is 0 Å². The zero-order valence-electron chi connectivity index (χ0n) is 13.4. The molecule has 6 nitrogen and oxygen atoms in total. The van der Waals surface area contributed by atoms with Gasteiger partial charge in [-0.2, -0.15) is 0 Å². The Morgan fingerprint density at radius 2 is 1.40 bits per heavy atom. The lowest BCUT2D eigenvalue weighted by Gasteiger charge is -2.12. The summed E-state index contributed by atoms with van der Waals surface area (Å²) in [6, 6.07) is 20.4. The molecule has 3 aromatic rings. The Morgan fingerprint density at radius 3 is 2.04 bits per heavy atom. The van der Waals surface area contributed by atoms with Gasteiger partial charge in [-0.25, -0.2) is 0 Å². The minimum atomic E-state index is -0.455. The first-order valence-electron chi connectivity index (χ1n) is 7.49. The molecule has 0 saturated carbocycles. The fourth-order valence-corrected chi connectivity index (χ4v) is 2.19. The van der Waals surface area contributed by atoms with Crippen molar-refractivity contribution in [3.05, 3.63) is 82.9 Å². The first kappa shape index (κ1) is 16.3. The third-order valence-corrected chi connectivity index (χ3v) is 3.39. The molecule has 0 radical (unpaired) electrons. The summed E-state index contributed by atoms with van der Waals surface area (Å²) in [5.74, 6) is 2.77. The van der Waals surface area contributed by atoms with Crippen LogP contribution in [-0.4, -0.2) is 12.0 Å². The molecule has 0 aromatic heterocycles. The largest absolute Gasteiger partial charge is 0.493 e. The predicted molar refractivity (Wildman–Crippen MR) is 92.7 cm³/mol. The van der Waals surface area contributed by atoms with Crippen molar-refractivity contribution in [2.24, 2.45) is 0 Å². The van der Waals surface area contributed by atoms with E-state index >= 15 is 0 Å². The third kappa shape index (κ3) is 4.06. The van der Waals surface area contributed by atoms with E-state index in [2.05, 4.69) is 0 Å². The van der Waals surface area contributed by atoms with Crippen LogP contribution in [0.2, 0.25) is 0 Å². The van der Waals surface area contributed by atoms with Gasteiger partial charge in [0, 0.05) is 18.2 Å². The molecule has 3 rings (SSSR count). The smallest absolute Gasteiger partial charge is 0.269 e. The van der Waals surface area contributed by atoms with Crippen LogP contribution in [-0.2, 0) is 0 Å². The average Bonchev–Trinajstić information content (AvgIpc) is 2.63. The van der Waals surface area contributed by atoms with E-state index in [1.165, 1.54) is 12.1 Å². The maximum Gasteiger partial charge on any atom is 0.269 e. The van der Waals surface area contributed by atoms with Crippen LogP contribution < -0.4 is 14.2 Å². The first-order valence-corrected chi connectivity index (χ1v) is 7.49. The number of methoxy groups -OCH3 is 1. The SMILES string of the molecule is COc1ccc(Oc2ccc([N+](=O)[O-])cc2)cc1Oc1ccccc1. The fraction of sp³-hybridized carbons (Fsp3) is 0.0526. The number of nitrogens with zero attached hydrogens (tertiary/aromatic N) is 1. The normalized spacial score (nSPS) is 10.1. The van der Waals surface area contributed by atoms with E-state index in [-0.39, 0.29) is 5.69 Å². The molecule has 25 heavy (non-hydrogen) atoms. The van der Waals surface area contributed by atoms with Crippen molar-refractivity contribution in [2.45, 2.75) is 0 Å². The second-order valence-corrected chi connectivity index (χ2v) is 5.08. The number of non-ortho nitro benzene ring substituents is 1. The van der Waals surface area contributed by atoms with Gasteiger partial charge in [-0.3, -0.25) is 10.1 Å². The monoisotopic (exact) mass is 337 g/mol. The highest BCUT2D eigenvalue weighted by atomic mass is 16.6. The van der Waals surface area contributed by atoms with Crippen molar-refractivity contribution >= 4 is 5.69 Å². The maximum absolute atomic E-state index is 10.7. The minimum absolute atomic E-state index is 0.00943. The Labute approximate surface area is 144 Å². The molecule has 0 bridgehead atoms. The lowest BCUT2D eigenvalue weighted by Crippen LogP contribution is -1.92. The summed E-state index contributed by atoms with van der Waals surface area (Å²) in [7, 11) is 1.56. The number of nitro groups is 1. The van der Waals surface area contributed by atoms with E-state index in [1.54, 1.807) is 37.4 Å². The van der Waals surface area contributed by atoms with Gasteiger partial charge in [0.05, 0.1) is 12.0 Å². The maximum atomic E-state index is 10.7. The molecule has 126 valence electrons. The number of nitro benzene ring substituents is 1. The Kier molecular flexibility index (Phi) is 4.80. The summed E-state index contributed by atoms with van der Waals surface area (Å²) in [5.41, 5.74) is 0.00943. The van der Waals surface area contributed by atoms with E-state index in [0.717, 1.165) is 0 Å². The van der Waals surface area contributed by atoms with Crippen LogP contribution >= 0.6 is 0 Å². The third-order valence-electron chi connectivity index (χ3n) is 3.39. The van der Waals surface area contributed by atoms with Gasteiger partial charge in [0.15, 0.2) is 11.5 Å². The van der Waals surface area contributed by atoms with Gasteiger partial charge in [-0.05, 0) is 36.4 Å². The van der Waals surface area contributed by atoms with E-state index in [4.69, 9.17) is 14.2 Å². The Bertz CT molecular complexity index is 863. The van der Waals surface area contributed by atoms with Crippen LogP contribution in [0.15, 0.2) is 72.8 Å². The number of benzene rings is 3. The van der Waals surface area contributed by atoms with Gasteiger partial charge in [0.2, 0.25) is 0 Å². The summed E-state index contributed by atoms with van der Waals surface area (Å²) in [5, 5.41) is 10.7. The molecule has 0 fully saturated rings. The highest BCUT2D eigenvalue weighted by Crippen LogP contribution is 2.36. The quantitative estimate of drug-likeness (QED) is 0.457. The molecule has 0 unspecified atom stereocenters. The van der Waals surface area contributed by atoms with Crippen LogP contribution in [0.5, 0.6) is 28.7 Å². The lowest BCUT2D eigenvalue weighted by molar-refractivity contribution is -0.384. The number of rotatable bonds is 6. The van der Waals surface area contributed by atoms with Crippen molar-refractivity contribution in [1.29, 1.82) is 0 Å². The van der Waals surface area contributed by atoms with Crippen LogP contribution in [0.25, 0.3) is 0 Å². The van der Waals surface area contributed by atoms with Crippen molar-refractivity contribution in [1.82, 2.24) is 0 Å². The molecule has 6 heteroatoms. The molecule has 0 aliphatic heterocycles. The van der Waals surface area contributed by atoms with Crippen LogP contribution in [0.3, 0.4) is 0 Å². The fourth-order valence-electron chi connectivity index (χ4n) is 2.19. The van der Waals surface area contributed by atoms with Crippen molar-refractivity contribution in [2.75, 3.05) is 7.11 Å². The van der Waals surface area contributed by atoms with Gasteiger partial charge in [-0.1, -0.05) is 18.2 Å². The molecule has 0 aliphatic carbocycles. The standard InChI is InChI=1S/C19H15NO5/c1-23-18-12-11-17(13-19(18)25-15-5-3-2-4-6-15)24-16-9-7-14(8-10-16)20(21)22/h2-13H,1H3. The molecule has 0 atom stereocenters. The van der Waals surface area contributed by atoms with Crippen LogP contribution in [0, 0.1) is 10.1 Å². The van der Waals surface area contributed by atoms with Crippen LogP contribution in [0.1, 0.15) is 0 Å². The summed E-state index contributed by atoms with van der Waals surface area (Å²) in [6.07, 6.45) is 0. The summed E-state index contributed by atoms with van der Waals surface area (Å²) in [6.45, 7) is 0. The topological polar surface area (TPSA) is 70.8 Å². The van der Waals surface area contributed by atoms with Gasteiger partial charge in [0.25, 0.3) is 5.69 Å². The predicted octanol–water partition coefficient (Wildman–Crippen LogP) is 5.19. The second-order valence-electron chi connectivity index (χ2n) is 5.08. The molecule has 3 aromatic carbocycles. The summed E-state index contributed by atoms with van der Waals surface area (Å²) in [4.78, 5) is 10.2. The van der Waals surface area contributed by atoms with Gasteiger partial charge in [-0.15, -0.1) is 0 Å². The molecule has 0 N–H and O–H groups in total. The number of para-hydroxylation sites is 1. The Balaban J connectivity index is 1.82. The number of hydrogen-bond acceptors (Lipinski definition) is 5. The van der Waals surface area contributed by atoms with E-state index in [9.17, 15) is 10.1 Å². The number of hydrogen-bond donors (Lipinski definition) is 0. The van der Waals surface area contributed by atoms with E-state index in [0.29, 0.717) is 28.7 Å². The number of ether oxygens (including phenoxy) is 3. The highest BCUT2D eigenvalue weighted by Gasteiger charge is 2.10. The Hall–Kier alpha value is -3.54. The zero-order chi connectivity index (χ0) is 17.6. The summed E-state index contributed by atoms with van der Waals surface area (Å²) >= 11 is 0. The Morgan fingerprint density at radius 1 is 0.760 bits per heavy atom. The van der Waals surface area contributed by atoms with Gasteiger partial charge < -0.3 is 14.2 Å². The molecule has 0 heterocycles. The van der Waals surface area contributed by atoms with Crippen molar-refractivity contribution in [3.8, 4) is 28.7 Å². The van der Waals surface area contributed by atoms with Gasteiger partial charge in [0.1, 0.15) is 17.2 Å². The molecule has 0 saturated heterocycles. The van der Waals surface area contributed by atoms with E-state index in [1.807, 2.05) is 30.3 Å². The molecule has 0 amide bonds. The van der Waals surface area contributed by atoms with E-state index < -0.39 is 4.92 Å². The lowest BCUT2D eigenvalue weighted by atomic mass is 10.2.